The Morgan fingerprint density at radius 3 is 2.41 bits per heavy atom. The van der Waals surface area contributed by atoms with E-state index in [9.17, 15) is 14.4 Å². The predicted molar refractivity (Wildman–Crippen MR) is 83.0 cm³/mol. The van der Waals surface area contributed by atoms with E-state index in [-0.39, 0.29) is 36.1 Å². The molecule has 0 bridgehead atoms. The largest absolute Gasteiger partial charge is 0.445 e. The molecule has 7 heteroatoms. The van der Waals surface area contributed by atoms with Gasteiger partial charge in [0.15, 0.2) is 0 Å². The minimum Gasteiger partial charge on any atom is -0.445 e. The van der Waals surface area contributed by atoms with Crippen LogP contribution in [0.1, 0.15) is 25.3 Å². The summed E-state index contributed by atoms with van der Waals surface area (Å²) in [5.41, 5.74) is 0.856. The van der Waals surface area contributed by atoms with Crippen molar-refractivity contribution in [1.29, 1.82) is 0 Å². The number of ether oxygens (including phenoxy) is 1. The van der Waals surface area contributed by atoms with Crippen molar-refractivity contribution in [2.24, 2.45) is 0 Å². The summed E-state index contributed by atoms with van der Waals surface area (Å²) in [7, 11) is 0. The molecular weight excluding hydrogens is 352 g/mol. The quantitative estimate of drug-likeness (QED) is 0.638. The topological polar surface area (TPSA) is 75.7 Å². The van der Waals surface area contributed by atoms with E-state index in [2.05, 4.69) is 21.2 Å². The summed E-state index contributed by atoms with van der Waals surface area (Å²) in [6, 6.07) is 9.25. The average Bonchev–Trinajstić information content (AvgIpc) is 2.83. The highest BCUT2D eigenvalue weighted by Crippen LogP contribution is 2.19. The second kappa shape index (κ2) is 7.40. The normalized spacial score (nSPS) is 17.3. The Morgan fingerprint density at radius 2 is 1.86 bits per heavy atom. The Bertz CT molecular complexity index is 546. The summed E-state index contributed by atoms with van der Waals surface area (Å²) in [6.45, 7) is 1.87. The van der Waals surface area contributed by atoms with Gasteiger partial charge in [0.2, 0.25) is 11.8 Å². The van der Waals surface area contributed by atoms with Gasteiger partial charge < -0.3 is 4.74 Å². The first-order chi connectivity index (χ1) is 10.5. The van der Waals surface area contributed by atoms with Gasteiger partial charge in [-0.3, -0.25) is 19.8 Å². The number of nitrogens with zero attached hydrogens (tertiary/aromatic N) is 1. The Balaban J connectivity index is 1.94. The molecule has 1 fully saturated rings. The van der Waals surface area contributed by atoms with Gasteiger partial charge in [0.05, 0.1) is 4.83 Å². The minimum atomic E-state index is -0.759. The number of imide groups is 1. The molecule has 1 saturated heterocycles. The van der Waals surface area contributed by atoms with Crippen LogP contribution >= 0.6 is 15.9 Å². The molecule has 1 aromatic carbocycles. The molecule has 0 aromatic heterocycles. The summed E-state index contributed by atoms with van der Waals surface area (Å²) in [5.74, 6) is -0.575. The molecule has 1 aromatic rings. The number of hydrogen-bond acceptors (Lipinski definition) is 4. The standard InChI is InChI=1S/C15H17BrN2O4/c1-10(16)14(18-12(19)7-8-13(18)20)17-15(21)22-9-11-5-3-2-4-6-11/h2-6,10,14H,7-9H2,1H3,(H,17,21)/t10-,14+/m0/s1. The maximum atomic E-state index is 11.9. The smallest absolute Gasteiger partial charge is 0.409 e. The van der Waals surface area contributed by atoms with Gasteiger partial charge >= 0.3 is 6.09 Å². The fraction of sp³-hybridized carbons (Fsp3) is 0.400. The van der Waals surface area contributed by atoms with Gasteiger partial charge in [-0.25, -0.2) is 4.79 Å². The zero-order valence-corrected chi connectivity index (χ0v) is 13.7. The third kappa shape index (κ3) is 4.07. The van der Waals surface area contributed by atoms with E-state index in [1.165, 1.54) is 0 Å². The molecule has 3 amide bonds. The van der Waals surface area contributed by atoms with Crippen LogP contribution in [0.3, 0.4) is 0 Å². The van der Waals surface area contributed by atoms with Crippen molar-refractivity contribution in [3.63, 3.8) is 0 Å². The van der Waals surface area contributed by atoms with Gasteiger partial charge in [0.25, 0.3) is 0 Å². The lowest BCUT2D eigenvalue weighted by Crippen LogP contribution is -2.54. The van der Waals surface area contributed by atoms with Crippen molar-refractivity contribution >= 4 is 33.8 Å². The van der Waals surface area contributed by atoms with E-state index < -0.39 is 12.3 Å². The third-order valence-electron chi connectivity index (χ3n) is 3.28. The highest BCUT2D eigenvalue weighted by atomic mass is 79.9. The second-order valence-corrected chi connectivity index (χ2v) is 6.43. The molecular formula is C15H17BrN2O4. The molecule has 1 aliphatic rings. The molecule has 1 heterocycles. The van der Waals surface area contributed by atoms with Crippen LogP contribution in [0.5, 0.6) is 0 Å². The molecule has 6 nitrogen and oxygen atoms in total. The van der Waals surface area contributed by atoms with Crippen LogP contribution in [0, 0.1) is 0 Å². The minimum absolute atomic E-state index is 0.123. The maximum absolute atomic E-state index is 11.9. The van der Waals surface area contributed by atoms with Crippen LogP contribution in [0.2, 0.25) is 0 Å². The predicted octanol–water partition coefficient (Wildman–Crippen LogP) is 2.17. The van der Waals surface area contributed by atoms with Gasteiger partial charge in [-0.15, -0.1) is 0 Å². The van der Waals surface area contributed by atoms with Crippen molar-refractivity contribution in [2.75, 3.05) is 0 Å². The Hall–Kier alpha value is -1.89. The molecule has 0 radical (unpaired) electrons. The number of amides is 3. The van der Waals surface area contributed by atoms with Gasteiger partial charge in [-0.05, 0) is 12.5 Å². The first-order valence-corrected chi connectivity index (χ1v) is 7.87. The number of carbonyl (C=O) groups excluding carboxylic acids is 3. The highest BCUT2D eigenvalue weighted by molar-refractivity contribution is 9.09. The van der Waals surface area contributed by atoms with Crippen molar-refractivity contribution in [2.45, 2.75) is 37.4 Å². The lowest BCUT2D eigenvalue weighted by atomic mass is 10.2. The van der Waals surface area contributed by atoms with E-state index in [1.807, 2.05) is 30.3 Å². The number of benzene rings is 1. The summed E-state index contributed by atoms with van der Waals surface area (Å²) in [4.78, 5) is 36.3. The molecule has 1 N–H and O–H groups in total. The van der Waals surface area contributed by atoms with Crippen LogP contribution < -0.4 is 5.32 Å². The number of nitrogens with one attached hydrogen (secondary N) is 1. The maximum Gasteiger partial charge on any atom is 0.409 e. The molecule has 0 saturated carbocycles. The fourth-order valence-electron chi connectivity index (χ4n) is 2.17. The Labute approximate surface area is 136 Å². The van der Waals surface area contributed by atoms with Gasteiger partial charge in [0, 0.05) is 12.8 Å². The van der Waals surface area contributed by atoms with Crippen LogP contribution in [-0.2, 0) is 20.9 Å². The van der Waals surface area contributed by atoms with Gasteiger partial charge in [0.1, 0.15) is 12.8 Å². The van der Waals surface area contributed by atoms with Gasteiger partial charge in [-0.2, -0.15) is 0 Å². The SMILES string of the molecule is C[C@H](Br)[C@H](NC(=O)OCc1ccccc1)N1C(=O)CCC1=O. The molecule has 0 unspecified atom stereocenters. The Kier molecular flexibility index (Phi) is 5.54. The monoisotopic (exact) mass is 368 g/mol. The van der Waals surface area contributed by atoms with Crippen molar-refractivity contribution in [3.8, 4) is 0 Å². The van der Waals surface area contributed by atoms with E-state index in [0.717, 1.165) is 10.5 Å². The number of alkyl carbamates (subject to hydrolysis) is 1. The van der Waals surface area contributed by atoms with Crippen molar-refractivity contribution in [1.82, 2.24) is 10.2 Å². The molecule has 118 valence electrons. The average molecular weight is 369 g/mol. The molecule has 22 heavy (non-hydrogen) atoms. The highest BCUT2D eigenvalue weighted by Gasteiger charge is 2.38. The van der Waals surface area contributed by atoms with Crippen LogP contribution in [0.15, 0.2) is 30.3 Å². The molecule has 1 aliphatic heterocycles. The van der Waals surface area contributed by atoms with E-state index in [1.54, 1.807) is 6.92 Å². The summed E-state index contributed by atoms with van der Waals surface area (Å²) in [5, 5.41) is 2.57. The van der Waals surface area contributed by atoms with Crippen molar-refractivity contribution in [3.05, 3.63) is 35.9 Å². The number of halogens is 1. The summed E-state index contributed by atoms with van der Waals surface area (Å²) in [6.07, 6.45) is -1.08. The van der Waals surface area contributed by atoms with E-state index >= 15 is 0 Å². The third-order valence-corrected chi connectivity index (χ3v) is 3.78. The number of hydrogen-bond donors (Lipinski definition) is 1. The Morgan fingerprint density at radius 1 is 1.27 bits per heavy atom. The zero-order valence-electron chi connectivity index (χ0n) is 12.1. The van der Waals surface area contributed by atoms with Crippen LogP contribution in [-0.4, -0.2) is 33.8 Å². The first-order valence-electron chi connectivity index (χ1n) is 6.95. The van der Waals surface area contributed by atoms with Gasteiger partial charge in [-0.1, -0.05) is 46.3 Å². The number of alkyl halides is 1. The van der Waals surface area contributed by atoms with Crippen molar-refractivity contribution < 1.29 is 19.1 Å². The molecule has 0 aliphatic carbocycles. The number of carbonyl (C=O) groups is 3. The lowest BCUT2D eigenvalue weighted by molar-refractivity contribution is -0.141. The molecule has 2 atom stereocenters. The fourth-order valence-corrected chi connectivity index (χ4v) is 2.54. The van der Waals surface area contributed by atoms with Crippen LogP contribution in [0.4, 0.5) is 4.79 Å². The van der Waals surface area contributed by atoms with E-state index in [4.69, 9.17) is 4.74 Å². The zero-order chi connectivity index (χ0) is 16.1. The number of rotatable bonds is 5. The summed E-state index contributed by atoms with van der Waals surface area (Å²) >= 11 is 3.31. The van der Waals surface area contributed by atoms with Crippen LogP contribution in [0.25, 0.3) is 0 Å². The second-order valence-electron chi connectivity index (χ2n) is 4.99. The lowest BCUT2D eigenvalue weighted by Gasteiger charge is -2.28. The molecule has 2 rings (SSSR count). The molecule has 0 spiro atoms. The first kappa shape index (κ1) is 16.5. The van der Waals surface area contributed by atoms with E-state index in [0.29, 0.717) is 0 Å². The number of likely N-dealkylation sites (tertiary alicyclic amines) is 1. The summed E-state index contributed by atoms with van der Waals surface area (Å²) < 4.78 is 5.12.